The number of hydrogen-bond donors (Lipinski definition) is 2. The molecule has 2 N–H and O–H groups in total. The minimum Gasteiger partial charge on any atom is -0.495 e. The Morgan fingerprint density at radius 3 is 2.90 bits per heavy atom. The van der Waals surface area contributed by atoms with Crippen molar-refractivity contribution < 1.29 is 4.74 Å². The first-order chi connectivity index (χ1) is 9.85. The molecule has 1 aromatic heterocycles. The lowest BCUT2D eigenvalue weighted by atomic mass is 9.96. The van der Waals surface area contributed by atoms with Crippen LogP contribution in [0.4, 0.5) is 0 Å². The van der Waals surface area contributed by atoms with Crippen molar-refractivity contribution in [3.05, 3.63) is 34.7 Å². The molecule has 0 unspecified atom stereocenters. The predicted molar refractivity (Wildman–Crippen MR) is 81.5 cm³/mol. The molecule has 1 aromatic rings. The van der Waals surface area contributed by atoms with Crippen molar-refractivity contribution in [2.45, 2.75) is 38.1 Å². The molecule has 0 spiro atoms. The van der Waals surface area contributed by atoms with E-state index in [0.29, 0.717) is 6.04 Å². The second-order valence-electron chi connectivity index (χ2n) is 5.37. The normalized spacial score (nSPS) is 23.1. The largest absolute Gasteiger partial charge is 0.495 e. The number of rotatable bonds is 3. The van der Waals surface area contributed by atoms with E-state index >= 15 is 0 Å². The molecule has 1 aliphatic heterocycles. The summed E-state index contributed by atoms with van der Waals surface area (Å²) >= 11 is 0. The van der Waals surface area contributed by atoms with Crippen LogP contribution in [-0.4, -0.2) is 24.4 Å². The molecular weight excluding hydrogens is 250 g/mol. The number of aromatic amines is 1. The first-order valence-electron chi connectivity index (χ1n) is 7.30. The summed E-state index contributed by atoms with van der Waals surface area (Å²) in [6, 6.07) is 4.76. The summed E-state index contributed by atoms with van der Waals surface area (Å²) in [5.74, 6) is 0.792. The van der Waals surface area contributed by atoms with Gasteiger partial charge in [0, 0.05) is 18.3 Å². The lowest BCUT2D eigenvalue weighted by molar-refractivity contribution is 0.318. The van der Waals surface area contributed by atoms with Gasteiger partial charge in [-0.05, 0) is 25.0 Å². The summed E-state index contributed by atoms with van der Waals surface area (Å²) in [6.07, 6.45) is 12.4. The first-order valence-corrected chi connectivity index (χ1v) is 7.30. The Balaban J connectivity index is 1.75. The molecule has 4 nitrogen and oxygen atoms in total. The quantitative estimate of drug-likeness (QED) is 0.873. The molecule has 1 saturated carbocycles. The minimum absolute atomic E-state index is 0.632. The zero-order valence-electron chi connectivity index (χ0n) is 11.9. The highest BCUT2D eigenvalue weighted by molar-refractivity contribution is 5.89. The van der Waals surface area contributed by atoms with Crippen LogP contribution in [0.15, 0.2) is 29.0 Å². The number of aliphatic imine (C=N–C) groups is 1. The van der Waals surface area contributed by atoms with Gasteiger partial charge in [-0.25, -0.2) is 0 Å². The van der Waals surface area contributed by atoms with Gasteiger partial charge < -0.3 is 15.0 Å². The molecule has 4 heteroatoms. The number of aromatic nitrogens is 1. The molecule has 0 aromatic carbocycles. The smallest absolute Gasteiger partial charge is 0.139 e. The van der Waals surface area contributed by atoms with Crippen LogP contribution >= 0.6 is 0 Å². The molecule has 0 radical (unpaired) electrons. The Labute approximate surface area is 118 Å². The lowest BCUT2D eigenvalue weighted by Gasteiger charge is -2.21. The fraction of sp³-hybridized carbons (Fsp3) is 0.438. The Hall–Kier alpha value is -1.97. The van der Waals surface area contributed by atoms with Crippen molar-refractivity contribution in [3.63, 3.8) is 0 Å². The van der Waals surface area contributed by atoms with Gasteiger partial charge in [-0.15, -0.1) is 0 Å². The van der Waals surface area contributed by atoms with Gasteiger partial charge in [-0.2, -0.15) is 0 Å². The van der Waals surface area contributed by atoms with Crippen molar-refractivity contribution in [2.24, 2.45) is 4.99 Å². The third-order valence-electron chi connectivity index (χ3n) is 3.91. The minimum atomic E-state index is 0.632. The zero-order chi connectivity index (χ0) is 13.8. The van der Waals surface area contributed by atoms with Crippen LogP contribution in [0.5, 0.6) is 0 Å². The highest BCUT2D eigenvalue weighted by atomic mass is 16.5. The summed E-state index contributed by atoms with van der Waals surface area (Å²) < 4.78 is 5.15. The van der Waals surface area contributed by atoms with Crippen LogP contribution in [0.3, 0.4) is 0 Å². The molecule has 106 valence electrons. The van der Waals surface area contributed by atoms with E-state index in [2.05, 4.69) is 33.6 Å². The number of hydrogen-bond acceptors (Lipinski definition) is 3. The monoisotopic (exact) mass is 271 g/mol. The van der Waals surface area contributed by atoms with Gasteiger partial charge in [0.2, 0.25) is 0 Å². The van der Waals surface area contributed by atoms with Crippen molar-refractivity contribution in [1.82, 2.24) is 10.3 Å². The maximum absolute atomic E-state index is 5.15. The van der Waals surface area contributed by atoms with Crippen LogP contribution in [-0.2, 0) is 4.74 Å². The van der Waals surface area contributed by atoms with E-state index in [9.17, 15) is 0 Å². The Bertz CT molecular complexity index is 633. The number of methoxy groups -OCH3 is 1. The van der Waals surface area contributed by atoms with Crippen molar-refractivity contribution in [1.29, 1.82) is 0 Å². The number of nitrogens with zero attached hydrogens (tertiary/aromatic N) is 1. The highest BCUT2D eigenvalue weighted by Crippen LogP contribution is 2.17. The second kappa shape index (κ2) is 5.99. The van der Waals surface area contributed by atoms with Crippen LogP contribution in [0.2, 0.25) is 0 Å². The summed E-state index contributed by atoms with van der Waals surface area (Å²) in [5.41, 5.74) is 0.916. The topological polar surface area (TPSA) is 49.4 Å². The number of H-pyrrole nitrogens is 1. The van der Waals surface area contributed by atoms with Crippen LogP contribution in [0.1, 0.15) is 32.1 Å². The van der Waals surface area contributed by atoms with Gasteiger partial charge in [-0.1, -0.05) is 19.3 Å². The molecule has 1 fully saturated rings. The average molecular weight is 271 g/mol. The number of ether oxygens (including phenoxy) is 1. The maximum atomic E-state index is 5.15. The van der Waals surface area contributed by atoms with E-state index in [1.54, 1.807) is 13.3 Å². The van der Waals surface area contributed by atoms with Gasteiger partial charge in [0.15, 0.2) is 0 Å². The molecule has 0 atom stereocenters. The van der Waals surface area contributed by atoms with Gasteiger partial charge in [0.1, 0.15) is 5.76 Å². The molecule has 2 aliphatic rings. The van der Waals surface area contributed by atoms with Crippen LogP contribution in [0, 0.1) is 0 Å². The van der Waals surface area contributed by atoms with Crippen molar-refractivity contribution in [2.75, 3.05) is 7.11 Å². The van der Waals surface area contributed by atoms with Gasteiger partial charge in [-0.3, -0.25) is 4.99 Å². The standard InChI is InChI=1S/C16H21N3O/c1-20-14-9-16(18-11-14)15-8-7-13(19-15)10-17-12-5-3-2-4-6-12/h7-12,17,19H,2-6H2,1H3. The molecule has 1 aliphatic carbocycles. The van der Waals surface area contributed by atoms with E-state index < -0.39 is 0 Å². The van der Waals surface area contributed by atoms with E-state index in [4.69, 9.17) is 4.74 Å². The number of allylic oxidation sites excluding steroid dienone is 1. The number of nitrogens with one attached hydrogen (secondary N) is 2. The maximum Gasteiger partial charge on any atom is 0.139 e. The van der Waals surface area contributed by atoms with Gasteiger partial charge >= 0.3 is 0 Å². The molecule has 2 heterocycles. The molecule has 3 rings (SSSR count). The summed E-state index contributed by atoms with van der Waals surface area (Å²) in [5, 5.41) is 5.63. The molecule has 0 bridgehead atoms. The second-order valence-corrected chi connectivity index (χ2v) is 5.37. The Kier molecular flexibility index (Phi) is 3.90. The van der Waals surface area contributed by atoms with E-state index in [1.165, 1.54) is 32.1 Å². The summed E-state index contributed by atoms with van der Waals surface area (Å²) in [4.78, 5) is 7.70. The van der Waals surface area contributed by atoms with Crippen molar-refractivity contribution >= 4 is 18.1 Å². The average Bonchev–Trinajstić information content (AvgIpc) is 3.15. The summed E-state index contributed by atoms with van der Waals surface area (Å²) in [6.45, 7) is 0. The third-order valence-corrected chi connectivity index (χ3v) is 3.91. The van der Waals surface area contributed by atoms with E-state index in [0.717, 1.165) is 22.2 Å². The molecule has 0 amide bonds. The van der Waals surface area contributed by atoms with Gasteiger partial charge in [0.25, 0.3) is 0 Å². The Morgan fingerprint density at radius 1 is 1.30 bits per heavy atom. The summed E-state index contributed by atoms with van der Waals surface area (Å²) in [7, 11) is 1.66. The fourth-order valence-corrected chi connectivity index (χ4v) is 2.72. The fourth-order valence-electron chi connectivity index (χ4n) is 2.72. The van der Waals surface area contributed by atoms with Crippen LogP contribution in [0.25, 0.3) is 11.9 Å². The zero-order valence-corrected chi connectivity index (χ0v) is 11.9. The Morgan fingerprint density at radius 2 is 2.15 bits per heavy atom. The van der Waals surface area contributed by atoms with Crippen molar-refractivity contribution in [3.8, 4) is 0 Å². The predicted octanol–water partition coefficient (Wildman–Crippen LogP) is 1.40. The molecular formula is C16H21N3O. The van der Waals surface area contributed by atoms with Crippen LogP contribution < -0.4 is 16.0 Å². The molecule has 0 saturated heterocycles. The van der Waals surface area contributed by atoms with E-state index in [1.807, 2.05) is 6.08 Å². The SMILES string of the molecule is COC1=CC(=c2ccc(=CNC3CCCCC3)[nH]2)N=C1. The molecule has 20 heavy (non-hydrogen) atoms. The highest BCUT2D eigenvalue weighted by Gasteiger charge is 2.10. The van der Waals surface area contributed by atoms with Gasteiger partial charge in [0.05, 0.1) is 29.7 Å². The lowest BCUT2D eigenvalue weighted by Crippen LogP contribution is -2.28. The first kappa shape index (κ1) is 13.0. The third kappa shape index (κ3) is 2.95. The van der Waals surface area contributed by atoms with E-state index in [-0.39, 0.29) is 0 Å².